The molecule has 6 heteroatoms. The van der Waals surface area contributed by atoms with E-state index < -0.39 is 5.82 Å². The molecule has 1 amide bonds. The predicted octanol–water partition coefficient (Wildman–Crippen LogP) is 2.97. The van der Waals surface area contributed by atoms with Gasteiger partial charge in [0.15, 0.2) is 0 Å². The van der Waals surface area contributed by atoms with Crippen molar-refractivity contribution >= 4 is 39.0 Å². The second kappa shape index (κ2) is 6.96. The number of nitrogens with zero attached hydrogens (tertiary/aromatic N) is 1. The summed E-state index contributed by atoms with van der Waals surface area (Å²) in [5, 5.41) is 0. The Bertz CT molecular complexity index is 496. The number of halogens is 2. The Kier molecular flexibility index (Phi) is 5.87. The van der Waals surface area contributed by atoms with Crippen LogP contribution >= 0.6 is 28.1 Å². The van der Waals surface area contributed by atoms with Crippen LogP contribution in [0.2, 0.25) is 0 Å². The molecule has 0 spiro atoms. The number of nitrogens with two attached hydrogens (primary N) is 1. The number of rotatable bonds is 5. The van der Waals surface area contributed by atoms with Gasteiger partial charge in [0.2, 0.25) is 0 Å². The summed E-state index contributed by atoms with van der Waals surface area (Å²) >= 11 is 8.16. The van der Waals surface area contributed by atoms with Gasteiger partial charge in [-0.05, 0) is 41.1 Å². The van der Waals surface area contributed by atoms with Crippen molar-refractivity contribution in [3.63, 3.8) is 0 Å². The summed E-state index contributed by atoms with van der Waals surface area (Å²) in [5.74, 6) is -0.756. The van der Waals surface area contributed by atoms with Crippen LogP contribution in [0.5, 0.6) is 0 Å². The lowest BCUT2D eigenvalue weighted by atomic mass is 10.1. The molecule has 0 aliphatic heterocycles. The zero-order chi connectivity index (χ0) is 14.6. The second-order valence-electron chi connectivity index (χ2n) is 4.27. The van der Waals surface area contributed by atoms with Gasteiger partial charge >= 0.3 is 0 Å². The van der Waals surface area contributed by atoms with Gasteiger partial charge in [0.25, 0.3) is 5.91 Å². The van der Waals surface area contributed by atoms with Crippen molar-refractivity contribution in [2.75, 3.05) is 13.1 Å². The van der Waals surface area contributed by atoms with Gasteiger partial charge in [-0.3, -0.25) is 4.79 Å². The first-order chi connectivity index (χ1) is 8.86. The zero-order valence-electron chi connectivity index (χ0n) is 10.8. The first kappa shape index (κ1) is 16.0. The SMILES string of the molecule is CCN(CC(C)C(N)=S)C(=O)c1cc(F)ccc1Br. The Morgan fingerprint density at radius 2 is 2.21 bits per heavy atom. The molecular weight excluding hydrogens is 331 g/mol. The van der Waals surface area contributed by atoms with Gasteiger partial charge in [-0.25, -0.2) is 4.39 Å². The third-order valence-corrected chi connectivity index (χ3v) is 3.90. The summed E-state index contributed by atoms with van der Waals surface area (Å²) in [6.45, 7) is 4.65. The van der Waals surface area contributed by atoms with Crippen LogP contribution in [-0.4, -0.2) is 28.9 Å². The van der Waals surface area contributed by atoms with Crippen LogP contribution in [0.3, 0.4) is 0 Å². The number of carbonyl (C=O) groups excluding carboxylic acids is 1. The average Bonchev–Trinajstić information content (AvgIpc) is 2.37. The van der Waals surface area contributed by atoms with E-state index in [0.29, 0.717) is 28.1 Å². The molecule has 0 aromatic heterocycles. The maximum Gasteiger partial charge on any atom is 0.255 e. The Hall–Kier alpha value is -1.01. The highest BCUT2D eigenvalue weighted by Crippen LogP contribution is 2.20. The van der Waals surface area contributed by atoms with Crippen molar-refractivity contribution < 1.29 is 9.18 Å². The average molecular weight is 347 g/mol. The van der Waals surface area contributed by atoms with Crippen molar-refractivity contribution in [2.24, 2.45) is 11.7 Å². The van der Waals surface area contributed by atoms with Crippen molar-refractivity contribution in [3.05, 3.63) is 34.1 Å². The second-order valence-corrected chi connectivity index (χ2v) is 5.60. The number of benzene rings is 1. The van der Waals surface area contributed by atoms with Crippen LogP contribution in [-0.2, 0) is 0 Å². The standard InChI is InChI=1S/C13H16BrFN2OS/c1-3-17(7-8(2)12(16)19)13(18)10-6-9(15)4-5-11(10)14/h4-6,8H,3,7H2,1-2H3,(H2,16,19). The molecule has 0 saturated carbocycles. The van der Waals surface area contributed by atoms with Gasteiger partial charge < -0.3 is 10.6 Å². The lowest BCUT2D eigenvalue weighted by Gasteiger charge is -2.24. The molecule has 104 valence electrons. The Labute approximate surface area is 126 Å². The number of carbonyl (C=O) groups is 1. The fourth-order valence-corrected chi connectivity index (χ4v) is 2.10. The summed E-state index contributed by atoms with van der Waals surface area (Å²) in [7, 11) is 0. The number of thiocarbonyl (C=S) groups is 1. The van der Waals surface area contributed by atoms with Crippen LogP contribution in [0.4, 0.5) is 4.39 Å². The van der Waals surface area contributed by atoms with Gasteiger partial charge in [-0.2, -0.15) is 0 Å². The van der Waals surface area contributed by atoms with E-state index in [0.717, 1.165) is 0 Å². The summed E-state index contributed by atoms with van der Waals surface area (Å²) in [6, 6.07) is 4.04. The van der Waals surface area contributed by atoms with E-state index in [1.54, 1.807) is 4.90 Å². The zero-order valence-corrected chi connectivity index (χ0v) is 13.2. The van der Waals surface area contributed by atoms with E-state index in [1.807, 2.05) is 13.8 Å². The maximum atomic E-state index is 13.2. The molecule has 0 aliphatic carbocycles. The van der Waals surface area contributed by atoms with Crippen LogP contribution in [0.25, 0.3) is 0 Å². The molecule has 1 rings (SSSR count). The Morgan fingerprint density at radius 3 is 2.74 bits per heavy atom. The monoisotopic (exact) mass is 346 g/mol. The Balaban J connectivity index is 2.95. The number of amides is 1. The van der Waals surface area contributed by atoms with Gasteiger partial charge in [-0.15, -0.1) is 0 Å². The van der Waals surface area contributed by atoms with E-state index in [4.69, 9.17) is 18.0 Å². The smallest absolute Gasteiger partial charge is 0.255 e. The fraction of sp³-hybridized carbons (Fsp3) is 0.385. The quantitative estimate of drug-likeness (QED) is 0.833. The lowest BCUT2D eigenvalue weighted by Crippen LogP contribution is -2.38. The lowest BCUT2D eigenvalue weighted by molar-refractivity contribution is 0.0753. The van der Waals surface area contributed by atoms with Crippen molar-refractivity contribution in [1.82, 2.24) is 4.90 Å². The molecule has 19 heavy (non-hydrogen) atoms. The maximum absolute atomic E-state index is 13.2. The van der Waals surface area contributed by atoms with Crippen LogP contribution in [0.15, 0.2) is 22.7 Å². The van der Waals surface area contributed by atoms with Gasteiger partial charge in [-0.1, -0.05) is 19.1 Å². The van der Waals surface area contributed by atoms with Crippen molar-refractivity contribution in [1.29, 1.82) is 0 Å². The largest absolute Gasteiger partial charge is 0.393 e. The highest BCUT2D eigenvalue weighted by Gasteiger charge is 2.20. The topological polar surface area (TPSA) is 46.3 Å². The molecule has 0 heterocycles. The van der Waals surface area contributed by atoms with Crippen molar-refractivity contribution in [2.45, 2.75) is 13.8 Å². The van der Waals surface area contributed by atoms with E-state index in [-0.39, 0.29) is 11.8 Å². The molecule has 3 nitrogen and oxygen atoms in total. The summed E-state index contributed by atoms with van der Waals surface area (Å²) < 4.78 is 13.8. The highest BCUT2D eigenvalue weighted by molar-refractivity contribution is 9.10. The summed E-state index contributed by atoms with van der Waals surface area (Å²) in [4.78, 5) is 14.3. The van der Waals surface area contributed by atoms with Gasteiger partial charge in [0.1, 0.15) is 5.82 Å². The molecule has 1 aromatic rings. The molecule has 1 unspecified atom stereocenters. The predicted molar refractivity (Wildman–Crippen MR) is 81.6 cm³/mol. The fourth-order valence-electron chi connectivity index (χ4n) is 1.61. The minimum absolute atomic E-state index is 0.0776. The molecular formula is C13H16BrFN2OS. The minimum Gasteiger partial charge on any atom is -0.393 e. The van der Waals surface area contributed by atoms with E-state index in [9.17, 15) is 9.18 Å². The first-order valence-electron chi connectivity index (χ1n) is 5.90. The third kappa shape index (κ3) is 4.24. The molecule has 0 saturated heterocycles. The van der Waals surface area contributed by atoms with Crippen LogP contribution in [0.1, 0.15) is 24.2 Å². The minimum atomic E-state index is -0.440. The number of hydrogen-bond acceptors (Lipinski definition) is 2. The summed E-state index contributed by atoms with van der Waals surface area (Å²) in [6.07, 6.45) is 0. The molecule has 0 aliphatic rings. The van der Waals surface area contributed by atoms with Gasteiger partial charge in [0.05, 0.1) is 10.6 Å². The summed E-state index contributed by atoms with van der Waals surface area (Å²) in [5.41, 5.74) is 5.86. The molecule has 0 radical (unpaired) electrons. The molecule has 1 aromatic carbocycles. The Morgan fingerprint density at radius 1 is 1.58 bits per heavy atom. The molecule has 0 bridgehead atoms. The van der Waals surface area contributed by atoms with E-state index in [1.165, 1.54) is 18.2 Å². The normalized spacial score (nSPS) is 12.0. The molecule has 0 fully saturated rings. The van der Waals surface area contributed by atoms with Crippen LogP contribution < -0.4 is 5.73 Å². The number of hydrogen-bond donors (Lipinski definition) is 1. The van der Waals surface area contributed by atoms with Crippen LogP contribution in [0, 0.1) is 11.7 Å². The first-order valence-corrected chi connectivity index (χ1v) is 7.10. The van der Waals surface area contributed by atoms with E-state index >= 15 is 0 Å². The third-order valence-electron chi connectivity index (χ3n) is 2.81. The van der Waals surface area contributed by atoms with Gasteiger partial charge in [0, 0.05) is 23.5 Å². The van der Waals surface area contributed by atoms with Crippen molar-refractivity contribution in [3.8, 4) is 0 Å². The molecule has 1 atom stereocenters. The van der Waals surface area contributed by atoms with E-state index in [2.05, 4.69) is 15.9 Å². The highest BCUT2D eigenvalue weighted by atomic mass is 79.9. The molecule has 2 N–H and O–H groups in total.